The van der Waals surface area contributed by atoms with E-state index in [-0.39, 0.29) is 0 Å². The van der Waals surface area contributed by atoms with E-state index >= 15 is 0 Å². The Hall–Kier alpha value is -3.30. The van der Waals surface area contributed by atoms with Crippen molar-refractivity contribution in [2.24, 2.45) is 0 Å². The molecule has 0 saturated carbocycles. The second-order valence-corrected chi connectivity index (χ2v) is 7.27. The Balaban J connectivity index is 1.67. The summed E-state index contributed by atoms with van der Waals surface area (Å²) in [5.74, 6) is 0.870. The number of hydrogen-bond donors (Lipinski definition) is 0. The summed E-state index contributed by atoms with van der Waals surface area (Å²) < 4.78 is 2.14. The standard InChI is InChI=1S/C24H18ClN3/c1-17-24-26-21-9-5-6-10-22(21)28(24)16-23(19-7-3-2-4-8-19)27(17)15-18-11-13-20(25)14-12-18/h2-14,16H,1,15H2. The molecule has 0 radical (unpaired) electrons. The Kier molecular flexibility index (Phi) is 4.03. The molecular formula is C24H18ClN3. The van der Waals surface area contributed by atoms with Crippen molar-refractivity contribution in [1.82, 2.24) is 14.5 Å². The molecule has 1 aromatic heterocycles. The molecule has 1 aliphatic rings. The normalized spacial score (nSPS) is 13.5. The van der Waals surface area contributed by atoms with Crippen LogP contribution in [-0.2, 0) is 6.54 Å². The maximum Gasteiger partial charge on any atom is 0.161 e. The maximum absolute atomic E-state index is 6.06. The lowest BCUT2D eigenvalue weighted by molar-refractivity contribution is 0.540. The molecule has 0 unspecified atom stereocenters. The zero-order valence-corrected chi connectivity index (χ0v) is 16.0. The molecule has 1 aliphatic heterocycles. The van der Waals surface area contributed by atoms with Crippen molar-refractivity contribution in [3.8, 4) is 0 Å². The van der Waals surface area contributed by atoms with Crippen LogP contribution in [0.5, 0.6) is 0 Å². The number of hydrogen-bond acceptors (Lipinski definition) is 2. The first kappa shape index (κ1) is 16.8. The number of fused-ring (bicyclic) bond motifs is 3. The summed E-state index contributed by atoms with van der Waals surface area (Å²) in [5.41, 5.74) is 6.33. The Bertz CT molecular complexity index is 1200. The van der Waals surface area contributed by atoms with E-state index < -0.39 is 0 Å². The largest absolute Gasteiger partial charge is 0.333 e. The summed E-state index contributed by atoms with van der Waals surface area (Å²) in [5, 5.41) is 0.738. The second kappa shape index (κ2) is 6.70. The minimum Gasteiger partial charge on any atom is -0.333 e. The summed E-state index contributed by atoms with van der Waals surface area (Å²) >= 11 is 6.06. The predicted molar refractivity (Wildman–Crippen MR) is 116 cm³/mol. The van der Waals surface area contributed by atoms with Crippen molar-refractivity contribution in [2.75, 3.05) is 0 Å². The summed E-state index contributed by atoms with van der Waals surface area (Å²) in [6.45, 7) is 5.09. The molecule has 0 fully saturated rings. The van der Waals surface area contributed by atoms with Crippen molar-refractivity contribution in [2.45, 2.75) is 6.54 Å². The van der Waals surface area contributed by atoms with Gasteiger partial charge >= 0.3 is 0 Å². The molecular weight excluding hydrogens is 366 g/mol. The van der Waals surface area contributed by atoms with Crippen LogP contribution in [0.25, 0.3) is 28.6 Å². The molecule has 136 valence electrons. The molecule has 0 saturated heterocycles. The Morgan fingerprint density at radius 2 is 1.57 bits per heavy atom. The first-order valence-corrected chi connectivity index (χ1v) is 9.54. The van der Waals surface area contributed by atoms with Crippen LogP contribution in [-0.4, -0.2) is 14.5 Å². The number of aromatic nitrogens is 2. The van der Waals surface area contributed by atoms with Gasteiger partial charge in [0.1, 0.15) is 0 Å². The van der Waals surface area contributed by atoms with Crippen LogP contribution in [0.2, 0.25) is 5.02 Å². The highest BCUT2D eigenvalue weighted by Crippen LogP contribution is 2.36. The molecule has 0 N–H and O–H groups in total. The molecule has 3 aromatic carbocycles. The van der Waals surface area contributed by atoms with E-state index in [1.807, 2.05) is 36.4 Å². The fourth-order valence-corrected chi connectivity index (χ4v) is 3.76. The van der Waals surface area contributed by atoms with Crippen LogP contribution in [0, 0.1) is 0 Å². The van der Waals surface area contributed by atoms with Crippen molar-refractivity contribution in [3.63, 3.8) is 0 Å². The van der Waals surface area contributed by atoms with Gasteiger partial charge in [0, 0.05) is 17.8 Å². The van der Waals surface area contributed by atoms with Crippen LogP contribution in [0.15, 0.2) is 85.4 Å². The van der Waals surface area contributed by atoms with Gasteiger partial charge in [0.25, 0.3) is 0 Å². The average molecular weight is 384 g/mol. The first-order chi connectivity index (χ1) is 13.7. The van der Waals surface area contributed by atoms with Crippen molar-refractivity contribution < 1.29 is 0 Å². The van der Waals surface area contributed by atoms with E-state index in [4.69, 9.17) is 16.6 Å². The van der Waals surface area contributed by atoms with Gasteiger partial charge in [-0.1, -0.05) is 72.8 Å². The predicted octanol–water partition coefficient (Wildman–Crippen LogP) is 6.13. The fraction of sp³-hybridized carbons (Fsp3) is 0.0417. The lowest BCUT2D eigenvalue weighted by atomic mass is 10.1. The van der Waals surface area contributed by atoms with Crippen molar-refractivity contribution in [3.05, 3.63) is 107 Å². The topological polar surface area (TPSA) is 21.1 Å². The number of para-hydroxylation sites is 2. The average Bonchev–Trinajstić information content (AvgIpc) is 3.11. The minimum absolute atomic E-state index is 0.694. The summed E-state index contributed by atoms with van der Waals surface area (Å²) in [7, 11) is 0. The van der Waals surface area contributed by atoms with Gasteiger partial charge < -0.3 is 4.90 Å². The van der Waals surface area contributed by atoms with E-state index in [9.17, 15) is 0 Å². The third-order valence-electron chi connectivity index (χ3n) is 5.05. The van der Waals surface area contributed by atoms with Crippen LogP contribution < -0.4 is 0 Å². The van der Waals surface area contributed by atoms with Gasteiger partial charge in [0.05, 0.1) is 22.4 Å². The zero-order valence-electron chi connectivity index (χ0n) is 15.2. The van der Waals surface area contributed by atoms with Gasteiger partial charge in [-0.25, -0.2) is 4.98 Å². The molecule has 2 heterocycles. The molecule has 4 aromatic rings. The van der Waals surface area contributed by atoms with Gasteiger partial charge in [0.15, 0.2) is 5.82 Å². The molecule has 0 bridgehead atoms. The van der Waals surface area contributed by atoms with Crippen LogP contribution in [0.4, 0.5) is 0 Å². The second-order valence-electron chi connectivity index (χ2n) is 6.83. The highest BCUT2D eigenvalue weighted by atomic mass is 35.5. The highest BCUT2D eigenvalue weighted by Gasteiger charge is 2.26. The molecule has 3 nitrogen and oxygen atoms in total. The Morgan fingerprint density at radius 3 is 2.36 bits per heavy atom. The first-order valence-electron chi connectivity index (χ1n) is 9.16. The van der Waals surface area contributed by atoms with E-state index in [0.717, 1.165) is 44.4 Å². The third-order valence-corrected chi connectivity index (χ3v) is 5.30. The molecule has 4 heteroatoms. The van der Waals surface area contributed by atoms with E-state index in [2.05, 4.69) is 64.7 Å². The van der Waals surface area contributed by atoms with E-state index in [1.54, 1.807) is 0 Å². The highest BCUT2D eigenvalue weighted by molar-refractivity contribution is 6.30. The molecule has 0 spiro atoms. The van der Waals surface area contributed by atoms with Gasteiger partial charge in [-0.15, -0.1) is 0 Å². The number of rotatable bonds is 3. The van der Waals surface area contributed by atoms with Crippen LogP contribution in [0.3, 0.4) is 0 Å². The molecule has 28 heavy (non-hydrogen) atoms. The quantitative estimate of drug-likeness (QED) is 0.424. The lowest BCUT2D eigenvalue weighted by Crippen LogP contribution is -2.25. The minimum atomic E-state index is 0.694. The van der Waals surface area contributed by atoms with Gasteiger partial charge in [0.2, 0.25) is 0 Å². The summed E-state index contributed by atoms with van der Waals surface area (Å²) in [6.07, 6.45) is 2.16. The lowest BCUT2D eigenvalue weighted by Gasteiger charge is -2.33. The van der Waals surface area contributed by atoms with Gasteiger partial charge in [-0.2, -0.15) is 0 Å². The fourth-order valence-electron chi connectivity index (χ4n) is 3.63. The third kappa shape index (κ3) is 2.81. The molecule has 5 rings (SSSR count). The number of halogens is 1. The number of nitrogens with zero attached hydrogens (tertiary/aromatic N) is 3. The van der Waals surface area contributed by atoms with Crippen LogP contribution >= 0.6 is 11.6 Å². The molecule has 0 aliphatic carbocycles. The Morgan fingerprint density at radius 1 is 0.857 bits per heavy atom. The van der Waals surface area contributed by atoms with Crippen LogP contribution in [0.1, 0.15) is 17.0 Å². The summed E-state index contributed by atoms with van der Waals surface area (Å²) in [4.78, 5) is 7.05. The van der Waals surface area contributed by atoms with Gasteiger partial charge in [-0.05, 0) is 35.4 Å². The zero-order chi connectivity index (χ0) is 19.1. The maximum atomic E-state index is 6.06. The summed E-state index contributed by atoms with van der Waals surface area (Å²) in [6, 6.07) is 26.5. The van der Waals surface area contributed by atoms with Crippen molar-refractivity contribution >= 4 is 40.2 Å². The van der Waals surface area contributed by atoms with Gasteiger partial charge in [-0.3, -0.25) is 4.57 Å². The van der Waals surface area contributed by atoms with E-state index in [1.165, 1.54) is 0 Å². The smallest absolute Gasteiger partial charge is 0.161 e. The van der Waals surface area contributed by atoms with Crippen molar-refractivity contribution in [1.29, 1.82) is 0 Å². The number of benzene rings is 3. The SMILES string of the molecule is C=C1c2nc3ccccc3n2C=C(c2ccccc2)N1Cc1ccc(Cl)cc1. The Labute approximate surface area is 168 Å². The molecule has 0 amide bonds. The van der Waals surface area contributed by atoms with E-state index in [0.29, 0.717) is 6.54 Å². The monoisotopic (exact) mass is 383 g/mol. The number of imidazole rings is 1. The molecule has 0 atom stereocenters.